The zero-order valence-electron chi connectivity index (χ0n) is 9.88. The molecule has 0 spiro atoms. The molecule has 0 atom stereocenters. The van der Waals surface area contributed by atoms with Crippen LogP contribution in [0.3, 0.4) is 0 Å². The van der Waals surface area contributed by atoms with E-state index in [-0.39, 0.29) is 13.1 Å². The first kappa shape index (κ1) is 14.6. The standard InChI is InChI=1S/C13H10ClN3O2/c14-12-9-11(17(7-5-15)8-6-16)3-1-10(12)2-4-13(18)19/h1-4,9H,7-8H2,(H,18,19)/b4-2+. The summed E-state index contributed by atoms with van der Waals surface area (Å²) in [5.41, 5.74) is 1.20. The lowest BCUT2D eigenvalue weighted by atomic mass is 10.1. The zero-order chi connectivity index (χ0) is 14.3. The van der Waals surface area contributed by atoms with E-state index in [1.165, 1.54) is 6.08 Å². The van der Waals surface area contributed by atoms with E-state index in [1.807, 2.05) is 12.1 Å². The second-order valence-electron chi connectivity index (χ2n) is 3.55. The molecule has 1 aromatic carbocycles. The number of aliphatic carboxylic acids is 1. The quantitative estimate of drug-likeness (QED) is 0.658. The van der Waals surface area contributed by atoms with Crippen molar-refractivity contribution < 1.29 is 9.90 Å². The van der Waals surface area contributed by atoms with Crippen LogP contribution in [-0.4, -0.2) is 24.2 Å². The van der Waals surface area contributed by atoms with Gasteiger partial charge in [0.2, 0.25) is 0 Å². The van der Waals surface area contributed by atoms with Crippen LogP contribution >= 0.6 is 11.6 Å². The summed E-state index contributed by atoms with van der Waals surface area (Å²) in [6.45, 7) is 0.155. The highest BCUT2D eigenvalue weighted by Crippen LogP contribution is 2.24. The summed E-state index contributed by atoms with van der Waals surface area (Å²) >= 11 is 6.02. The number of carboxylic acid groups (broad SMARTS) is 1. The van der Waals surface area contributed by atoms with Crippen LogP contribution in [0.1, 0.15) is 5.56 Å². The van der Waals surface area contributed by atoms with Crippen LogP contribution in [0.25, 0.3) is 6.08 Å². The molecule has 1 N–H and O–H groups in total. The van der Waals surface area contributed by atoms with Gasteiger partial charge in [0, 0.05) is 16.8 Å². The number of halogens is 1. The normalized spacial score (nSPS) is 9.84. The number of hydrogen-bond acceptors (Lipinski definition) is 4. The maximum atomic E-state index is 10.4. The van der Waals surface area contributed by atoms with Gasteiger partial charge in [0.05, 0.1) is 12.1 Å². The molecule has 5 nitrogen and oxygen atoms in total. The van der Waals surface area contributed by atoms with E-state index in [0.717, 1.165) is 6.08 Å². The molecule has 0 fully saturated rings. The van der Waals surface area contributed by atoms with Crippen molar-refractivity contribution in [3.8, 4) is 12.1 Å². The van der Waals surface area contributed by atoms with E-state index in [4.69, 9.17) is 27.2 Å². The van der Waals surface area contributed by atoms with Crippen molar-refractivity contribution in [3.05, 3.63) is 34.9 Å². The molecule has 1 rings (SSSR count). The summed E-state index contributed by atoms with van der Waals surface area (Å²) in [5.74, 6) is -1.06. The lowest BCUT2D eigenvalue weighted by Crippen LogP contribution is -2.23. The molecule has 0 aliphatic carbocycles. The smallest absolute Gasteiger partial charge is 0.328 e. The molecular weight excluding hydrogens is 266 g/mol. The van der Waals surface area contributed by atoms with E-state index in [1.54, 1.807) is 23.1 Å². The molecule has 0 radical (unpaired) electrons. The van der Waals surface area contributed by atoms with E-state index in [9.17, 15) is 4.79 Å². The molecule has 0 amide bonds. The Labute approximate surface area is 115 Å². The number of carboxylic acids is 1. The fourth-order valence-corrected chi connectivity index (χ4v) is 1.66. The topological polar surface area (TPSA) is 88.1 Å². The van der Waals surface area contributed by atoms with Crippen LogP contribution < -0.4 is 4.90 Å². The minimum absolute atomic E-state index is 0.0776. The second kappa shape index (κ2) is 7.05. The Hall–Kier alpha value is -2.50. The first-order valence-electron chi connectivity index (χ1n) is 5.28. The number of anilines is 1. The fraction of sp³-hybridized carbons (Fsp3) is 0.154. The van der Waals surface area contributed by atoms with Gasteiger partial charge in [0.15, 0.2) is 0 Å². The predicted octanol–water partition coefficient (Wildman–Crippen LogP) is 2.29. The zero-order valence-corrected chi connectivity index (χ0v) is 10.6. The summed E-state index contributed by atoms with van der Waals surface area (Å²) in [5, 5.41) is 26.3. The van der Waals surface area contributed by atoms with Crippen molar-refractivity contribution in [2.45, 2.75) is 0 Å². The van der Waals surface area contributed by atoms with Crippen molar-refractivity contribution in [1.82, 2.24) is 0 Å². The monoisotopic (exact) mass is 275 g/mol. The Balaban J connectivity index is 3.01. The van der Waals surface area contributed by atoms with Gasteiger partial charge in [-0.05, 0) is 23.8 Å². The first-order chi connectivity index (χ1) is 9.08. The van der Waals surface area contributed by atoms with Gasteiger partial charge in [0.25, 0.3) is 0 Å². The average Bonchev–Trinajstić information content (AvgIpc) is 2.37. The van der Waals surface area contributed by atoms with Gasteiger partial charge in [-0.1, -0.05) is 17.7 Å². The lowest BCUT2D eigenvalue weighted by molar-refractivity contribution is -0.131. The highest BCUT2D eigenvalue weighted by molar-refractivity contribution is 6.32. The molecule has 0 aliphatic heterocycles. The molecule has 0 saturated heterocycles. The van der Waals surface area contributed by atoms with Crippen molar-refractivity contribution in [2.75, 3.05) is 18.0 Å². The van der Waals surface area contributed by atoms with Crippen LogP contribution in [0.5, 0.6) is 0 Å². The van der Waals surface area contributed by atoms with Crippen LogP contribution in [-0.2, 0) is 4.79 Å². The average molecular weight is 276 g/mol. The molecule has 0 unspecified atom stereocenters. The van der Waals surface area contributed by atoms with E-state index in [2.05, 4.69) is 0 Å². The van der Waals surface area contributed by atoms with Crippen molar-refractivity contribution in [2.24, 2.45) is 0 Å². The summed E-state index contributed by atoms with van der Waals surface area (Å²) in [4.78, 5) is 12.0. The molecule has 0 aromatic heterocycles. The van der Waals surface area contributed by atoms with Crippen molar-refractivity contribution >= 4 is 29.3 Å². The van der Waals surface area contributed by atoms with E-state index >= 15 is 0 Å². The molecule has 19 heavy (non-hydrogen) atoms. The lowest BCUT2D eigenvalue weighted by Gasteiger charge is -2.18. The first-order valence-corrected chi connectivity index (χ1v) is 5.65. The summed E-state index contributed by atoms with van der Waals surface area (Å²) in [7, 11) is 0. The van der Waals surface area contributed by atoms with Gasteiger partial charge in [-0.2, -0.15) is 10.5 Å². The van der Waals surface area contributed by atoms with E-state index in [0.29, 0.717) is 16.3 Å². The molecule has 1 aromatic rings. The molecule has 96 valence electrons. The largest absolute Gasteiger partial charge is 0.478 e. The van der Waals surface area contributed by atoms with Crippen LogP contribution in [0.2, 0.25) is 5.02 Å². The van der Waals surface area contributed by atoms with Crippen LogP contribution in [0.15, 0.2) is 24.3 Å². The van der Waals surface area contributed by atoms with Gasteiger partial charge in [0.1, 0.15) is 13.1 Å². The Morgan fingerprint density at radius 3 is 2.47 bits per heavy atom. The maximum Gasteiger partial charge on any atom is 0.328 e. The number of nitrogens with zero attached hydrogens (tertiary/aromatic N) is 3. The predicted molar refractivity (Wildman–Crippen MR) is 71.6 cm³/mol. The number of benzene rings is 1. The second-order valence-corrected chi connectivity index (χ2v) is 3.96. The van der Waals surface area contributed by atoms with Crippen LogP contribution in [0.4, 0.5) is 5.69 Å². The number of hydrogen-bond donors (Lipinski definition) is 1. The maximum absolute atomic E-state index is 10.4. The third kappa shape index (κ3) is 4.34. The number of nitriles is 2. The van der Waals surface area contributed by atoms with Gasteiger partial charge in [-0.3, -0.25) is 0 Å². The number of rotatable bonds is 5. The third-order valence-corrected chi connectivity index (χ3v) is 2.61. The van der Waals surface area contributed by atoms with Gasteiger partial charge < -0.3 is 10.0 Å². The third-order valence-electron chi connectivity index (χ3n) is 2.28. The molecule has 0 heterocycles. The highest BCUT2D eigenvalue weighted by atomic mass is 35.5. The highest BCUT2D eigenvalue weighted by Gasteiger charge is 2.07. The SMILES string of the molecule is N#CCN(CC#N)c1ccc(/C=C/C(=O)O)c(Cl)c1. The minimum atomic E-state index is -1.06. The summed E-state index contributed by atoms with van der Waals surface area (Å²) in [6, 6.07) is 8.85. The molecular formula is C13H10ClN3O2. The van der Waals surface area contributed by atoms with Crippen molar-refractivity contribution in [1.29, 1.82) is 10.5 Å². The van der Waals surface area contributed by atoms with Gasteiger partial charge in [-0.25, -0.2) is 4.79 Å². The van der Waals surface area contributed by atoms with Gasteiger partial charge >= 0.3 is 5.97 Å². The summed E-state index contributed by atoms with van der Waals surface area (Å²) in [6.07, 6.45) is 2.37. The Kier molecular flexibility index (Phi) is 5.40. The fourth-order valence-electron chi connectivity index (χ4n) is 1.42. The molecule has 0 aliphatic rings. The van der Waals surface area contributed by atoms with Crippen LogP contribution in [0, 0.1) is 22.7 Å². The Morgan fingerprint density at radius 1 is 1.37 bits per heavy atom. The Bertz CT molecular complexity index is 569. The number of carbonyl (C=O) groups is 1. The summed E-state index contributed by atoms with van der Waals surface area (Å²) < 4.78 is 0. The van der Waals surface area contributed by atoms with E-state index < -0.39 is 5.97 Å². The van der Waals surface area contributed by atoms with Gasteiger partial charge in [-0.15, -0.1) is 0 Å². The molecule has 6 heteroatoms. The Morgan fingerprint density at radius 2 is 2.00 bits per heavy atom. The minimum Gasteiger partial charge on any atom is -0.478 e. The van der Waals surface area contributed by atoms with Crippen molar-refractivity contribution in [3.63, 3.8) is 0 Å². The molecule has 0 bridgehead atoms. The molecule has 0 saturated carbocycles.